The van der Waals surface area contributed by atoms with Gasteiger partial charge >= 0.3 is 0 Å². The summed E-state index contributed by atoms with van der Waals surface area (Å²) < 4.78 is 2.26. The van der Waals surface area contributed by atoms with E-state index >= 15 is 0 Å². The summed E-state index contributed by atoms with van der Waals surface area (Å²) in [4.78, 5) is 0. The third-order valence-corrected chi connectivity index (χ3v) is 4.13. The number of para-hydroxylation sites is 3. The van der Waals surface area contributed by atoms with Crippen molar-refractivity contribution >= 4 is 27.5 Å². The number of hydrogen-bond acceptors (Lipinski definition) is 1. The zero-order valence-electron chi connectivity index (χ0n) is 12.4. The molecule has 4 rings (SSSR count). The van der Waals surface area contributed by atoms with Gasteiger partial charge in [-0.3, -0.25) is 0 Å². The molecule has 0 amide bonds. The van der Waals surface area contributed by atoms with Crippen LogP contribution in [-0.2, 0) is 0 Å². The Labute approximate surface area is 129 Å². The van der Waals surface area contributed by atoms with E-state index in [1.165, 1.54) is 21.8 Å². The Hall–Kier alpha value is -2.87. The van der Waals surface area contributed by atoms with Crippen molar-refractivity contribution in [2.24, 2.45) is 0 Å². The Morgan fingerprint density at radius 3 is 1.82 bits per heavy atom. The summed E-state index contributed by atoms with van der Waals surface area (Å²) in [7, 11) is 0. The van der Waals surface area contributed by atoms with Crippen LogP contribution in [0.15, 0.2) is 72.8 Å². The number of aromatic nitrogens is 1. The maximum atomic E-state index is 8.08. The molecule has 22 heavy (non-hydrogen) atoms. The topological polar surface area (TPSA) is 28.8 Å². The minimum absolute atomic E-state index is 0.581. The molecule has 106 valence electrons. The molecule has 0 fully saturated rings. The molecule has 0 radical (unpaired) electrons. The molecule has 4 aromatic rings. The molecule has 3 aromatic carbocycles. The van der Waals surface area contributed by atoms with Gasteiger partial charge in [-0.2, -0.15) is 0 Å². The van der Waals surface area contributed by atoms with Gasteiger partial charge in [0, 0.05) is 22.0 Å². The molecule has 0 aliphatic heterocycles. The molecule has 0 bridgehead atoms. The van der Waals surface area contributed by atoms with Crippen molar-refractivity contribution < 1.29 is 0 Å². The van der Waals surface area contributed by atoms with E-state index in [9.17, 15) is 0 Å². The first-order chi connectivity index (χ1) is 10.8. The molecule has 1 heterocycles. The number of fused-ring (bicyclic) bond motifs is 3. The van der Waals surface area contributed by atoms with Gasteiger partial charge in [0.1, 0.15) is 0 Å². The van der Waals surface area contributed by atoms with Crippen LogP contribution >= 0.6 is 0 Å². The molecule has 2 nitrogen and oxygen atoms in total. The largest absolute Gasteiger partial charge is 0.309 e. The predicted octanol–water partition coefficient (Wildman–Crippen LogP) is 5.17. The highest BCUT2D eigenvalue weighted by atomic mass is 15.0. The lowest BCUT2D eigenvalue weighted by Gasteiger charge is -2.12. The van der Waals surface area contributed by atoms with Gasteiger partial charge in [-0.05, 0) is 25.1 Å². The van der Waals surface area contributed by atoms with E-state index in [1.54, 1.807) is 0 Å². The van der Waals surface area contributed by atoms with Crippen LogP contribution in [0.5, 0.6) is 0 Å². The second-order valence-electron chi connectivity index (χ2n) is 5.51. The van der Waals surface area contributed by atoms with E-state index in [0.29, 0.717) is 5.71 Å². The van der Waals surface area contributed by atoms with E-state index in [-0.39, 0.29) is 0 Å². The summed E-state index contributed by atoms with van der Waals surface area (Å²) in [5, 5.41) is 10.6. The second kappa shape index (κ2) is 4.85. The smallest absolute Gasteiger partial charge is 0.0552 e. The Kier molecular flexibility index (Phi) is 2.83. The third-order valence-electron chi connectivity index (χ3n) is 4.13. The molecule has 0 aliphatic rings. The molecule has 0 spiro atoms. The minimum atomic E-state index is 0.581. The second-order valence-corrected chi connectivity index (χ2v) is 5.51. The molecule has 0 aliphatic carbocycles. The van der Waals surface area contributed by atoms with Crippen molar-refractivity contribution in [1.82, 2.24) is 4.57 Å². The number of nitrogens with zero attached hydrogens (tertiary/aromatic N) is 1. The Morgan fingerprint density at radius 2 is 1.23 bits per heavy atom. The van der Waals surface area contributed by atoms with Gasteiger partial charge in [-0.15, -0.1) is 0 Å². The van der Waals surface area contributed by atoms with Crippen molar-refractivity contribution in [1.29, 1.82) is 5.41 Å². The summed E-state index contributed by atoms with van der Waals surface area (Å²) in [6.45, 7) is 1.84. The fraction of sp³-hybridized carbons (Fsp3) is 0.0500. The quantitative estimate of drug-likeness (QED) is 0.492. The summed E-state index contributed by atoms with van der Waals surface area (Å²) >= 11 is 0. The first-order valence-corrected chi connectivity index (χ1v) is 7.40. The number of benzene rings is 3. The van der Waals surface area contributed by atoms with Gasteiger partial charge in [0.25, 0.3) is 0 Å². The Morgan fingerprint density at radius 1 is 0.727 bits per heavy atom. The zero-order chi connectivity index (χ0) is 15.1. The van der Waals surface area contributed by atoms with Crippen molar-refractivity contribution in [2.75, 3.05) is 0 Å². The van der Waals surface area contributed by atoms with Gasteiger partial charge in [0.2, 0.25) is 0 Å². The van der Waals surface area contributed by atoms with E-state index in [2.05, 4.69) is 59.2 Å². The van der Waals surface area contributed by atoms with Crippen LogP contribution in [0.25, 0.3) is 27.5 Å². The monoisotopic (exact) mass is 284 g/mol. The highest BCUT2D eigenvalue weighted by molar-refractivity contribution is 6.10. The SMILES string of the molecule is CC(=N)c1ccccc1-n1c2ccccc2c2ccccc21. The van der Waals surface area contributed by atoms with E-state index in [0.717, 1.165) is 11.3 Å². The summed E-state index contributed by atoms with van der Waals surface area (Å²) in [6.07, 6.45) is 0. The summed E-state index contributed by atoms with van der Waals surface area (Å²) in [5.74, 6) is 0. The fourth-order valence-corrected chi connectivity index (χ4v) is 3.17. The Bertz CT molecular complexity index is 955. The van der Waals surface area contributed by atoms with Gasteiger partial charge in [-0.1, -0.05) is 54.6 Å². The van der Waals surface area contributed by atoms with Crippen molar-refractivity contribution in [3.63, 3.8) is 0 Å². The van der Waals surface area contributed by atoms with Crippen molar-refractivity contribution in [2.45, 2.75) is 6.92 Å². The lowest BCUT2D eigenvalue weighted by molar-refractivity contribution is 1.17. The molecule has 1 N–H and O–H groups in total. The molecular weight excluding hydrogens is 268 g/mol. The Balaban J connectivity index is 2.21. The first-order valence-electron chi connectivity index (χ1n) is 7.40. The van der Waals surface area contributed by atoms with Crippen LogP contribution in [0.4, 0.5) is 0 Å². The minimum Gasteiger partial charge on any atom is -0.309 e. The lowest BCUT2D eigenvalue weighted by Crippen LogP contribution is -2.03. The third kappa shape index (κ3) is 1.77. The molecule has 1 aromatic heterocycles. The van der Waals surface area contributed by atoms with E-state index < -0.39 is 0 Å². The zero-order valence-corrected chi connectivity index (χ0v) is 12.4. The lowest BCUT2D eigenvalue weighted by atomic mass is 10.1. The highest BCUT2D eigenvalue weighted by Gasteiger charge is 2.14. The molecule has 0 unspecified atom stereocenters. The van der Waals surface area contributed by atoms with Gasteiger partial charge < -0.3 is 9.98 Å². The fourth-order valence-electron chi connectivity index (χ4n) is 3.17. The normalized spacial score (nSPS) is 11.1. The van der Waals surface area contributed by atoms with Crippen molar-refractivity contribution in [3.8, 4) is 5.69 Å². The van der Waals surface area contributed by atoms with Crippen LogP contribution in [0.3, 0.4) is 0 Å². The first kappa shape index (κ1) is 12.8. The van der Waals surface area contributed by atoms with Gasteiger partial charge in [0.15, 0.2) is 0 Å². The molecular formula is C20H16N2. The maximum Gasteiger partial charge on any atom is 0.0552 e. The average molecular weight is 284 g/mol. The predicted molar refractivity (Wildman–Crippen MR) is 93.3 cm³/mol. The molecule has 0 saturated heterocycles. The van der Waals surface area contributed by atoms with Gasteiger partial charge in [-0.25, -0.2) is 0 Å². The number of nitrogens with one attached hydrogen (secondary N) is 1. The van der Waals surface area contributed by atoms with Crippen LogP contribution in [0, 0.1) is 5.41 Å². The van der Waals surface area contributed by atoms with E-state index in [1.807, 2.05) is 25.1 Å². The standard InChI is InChI=1S/C20H16N2/c1-14(21)15-8-2-5-11-18(15)22-19-12-6-3-9-16(19)17-10-4-7-13-20(17)22/h2-13,21H,1H3. The van der Waals surface area contributed by atoms with Crippen molar-refractivity contribution in [3.05, 3.63) is 78.4 Å². The number of hydrogen-bond donors (Lipinski definition) is 1. The summed E-state index contributed by atoms with van der Waals surface area (Å²) in [5.41, 5.74) is 4.97. The summed E-state index contributed by atoms with van der Waals surface area (Å²) in [6, 6.07) is 25.0. The number of rotatable bonds is 2. The van der Waals surface area contributed by atoms with E-state index in [4.69, 9.17) is 5.41 Å². The van der Waals surface area contributed by atoms with Crippen LogP contribution in [-0.4, -0.2) is 10.3 Å². The van der Waals surface area contributed by atoms with Crippen LogP contribution < -0.4 is 0 Å². The van der Waals surface area contributed by atoms with Gasteiger partial charge in [0.05, 0.1) is 16.7 Å². The average Bonchev–Trinajstić information content (AvgIpc) is 2.89. The highest BCUT2D eigenvalue weighted by Crippen LogP contribution is 2.32. The maximum absolute atomic E-state index is 8.08. The van der Waals surface area contributed by atoms with Crippen LogP contribution in [0.2, 0.25) is 0 Å². The molecule has 0 saturated carbocycles. The molecule has 2 heteroatoms. The molecule has 0 atom stereocenters. The van der Waals surface area contributed by atoms with Crippen LogP contribution in [0.1, 0.15) is 12.5 Å².